The Labute approximate surface area is 297 Å². The van der Waals surface area contributed by atoms with Crippen LogP contribution in [0, 0.1) is 0 Å². The molecule has 268 valence electrons. The van der Waals surface area contributed by atoms with Crippen LogP contribution in [-0.4, -0.2) is 44.7 Å². The van der Waals surface area contributed by atoms with Gasteiger partial charge in [-0.15, -0.1) is 0 Å². The number of rotatable bonds is 16. The lowest BCUT2D eigenvalue weighted by atomic mass is 10.1. The van der Waals surface area contributed by atoms with Gasteiger partial charge in [-0.2, -0.15) is 0 Å². The summed E-state index contributed by atoms with van der Waals surface area (Å²) in [6, 6.07) is 26.8. The SMILES string of the molecule is C=C(C)C(=O)Oc1ccc(OC(C)OCC)cc1.C=Cc1ccc(OC(C)OCC)cc1.C=Cc1ccc2cc(OC(C)OCC)ccc2c1. The second-order valence-electron chi connectivity index (χ2n) is 10.8. The number of benzene rings is 4. The molecule has 3 unspecified atom stereocenters. The zero-order valence-electron chi connectivity index (χ0n) is 30.5. The van der Waals surface area contributed by atoms with Gasteiger partial charge in [-0.05, 0) is 125 Å². The van der Waals surface area contributed by atoms with E-state index < -0.39 is 5.97 Å². The largest absolute Gasteiger partial charge is 0.465 e. The van der Waals surface area contributed by atoms with Crippen LogP contribution in [0.4, 0.5) is 0 Å². The van der Waals surface area contributed by atoms with E-state index in [4.69, 9.17) is 33.2 Å². The Morgan fingerprint density at radius 3 is 1.42 bits per heavy atom. The van der Waals surface area contributed by atoms with Gasteiger partial charge in [-0.25, -0.2) is 4.79 Å². The summed E-state index contributed by atoms with van der Waals surface area (Å²) in [6.07, 6.45) is 2.92. The number of carbonyl (C=O) groups excluding carboxylic acids is 1. The van der Waals surface area contributed by atoms with Crippen molar-refractivity contribution in [2.45, 2.75) is 67.3 Å². The molecule has 3 atom stereocenters. The van der Waals surface area contributed by atoms with Crippen LogP contribution in [0.3, 0.4) is 0 Å². The van der Waals surface area contributed by atoms with E-state index in [2.05, 4.69) is 37.9 Å². The van der Waals surface area contributed by atoms with Crippen molar-refractivity contribution in [3.05, 3.63) is 121 Å². The molecule has 0 aliphatic carbocycles. The molecule has 0 amide bonds. The lowest BCUT2D eigenvalue weighted by molar-refractivity contribution is -0.130. The highest BCUT2D eigenvalue weighted by molar-refractivity contribution is 5.88. The van der Waals surface area contributed by atoms with Crippen LogP contribution in [0.2, 0.25) is 0 Å². The number of fused-ring (bicyclic) bond motifs is 1. The van der Waals surface area contributed by atoms with Crippen molar-refractivity contribution in [2.75, 3.05) is 19.8 Å². The number of ether oxygens (including phenoxy) is 7. The molecule has 0 fully saturated rings. The third-order valence-electron chi connectivity index (χ3n) is 6.68. The molecule has 0 bridgehead atoms. The van der Waals surface area contributed by atoms with E-state index in [0.29, 0.717) is 36.9 Å². The summed E-state index contributed by atoms with van der Waals surface area (Å²) in [6.45, 7) is 25.9. The van der Waals surface area contributed by atoms with Crippen molar-refractivity contribution in [3.63, 3.8) is 0 Å². The Morgan fingerprint density at radius 1 is 0.580 bits per heavy atom. The first-order valence-electron chi connectivity index (χ1n) is 16.7. The van der Waals surface area contributed by atoms with Crippen molar-refractivity contribution in [1.82, 2.24) is 0 Å². The van der Waals surface area contributed by atoms with Crippen molar-refractivity contribution in [1.29, 1.82) is 0 Å². The highest BCUT2D eigenvalue weighted by Gasteiger charge is 2.07. The first-order valence-corrected chi connectivity index (χ1v) is 16.7. The molecule has 0 heterocycles. The molecule has 0 aromatic heterocycles. The van der Waals surface area contributed by atoms with Crippen LogP contribution < -0.4 is 18.9 Å². The minimum Gasteiger partial charge on any atom is -0.465 e. The van der Waals surface area contributed by atoms with Crippen molar-refractivity contribution in [3.8, 4) is 23.0 Å². The first-order chi connectivity index (χ1) is 24.0. The van der Waals surface area contributed by atoms with Gasteiger partial charge in [0.1, 0.15) is 23.0 Å². The fraction of sp³-hybridized carbons (Fsp3) is 0.310. The minimum absolute atomic E-state index is 0.199. The summed E-state index contributed by atoms with van der Waals surface area (Å²) in [5, 5.41) is 2.34. The smallest absolute Gasteiger partial charge is 0.338 e. The highest BCUT2D eigenvalue weighted by atomic mass is 16.7. The molecule has 4 rings (SSSR count). The summed E-state index contributed by atoms with van der Waals surface area (Å²) in [7, 11) is 0. The van der Waals surface area contributed by atoms with E-state index in [9.17, 15) is 4.79 Å². The molecule has 8 heteroatoms. The van der Waals surface area contributed by atoms with Crippen LogP contribution in [0.25, 0.3) is 22.9 Å². The Kier molecular flexibility index (Phi) is 18.7. The second kappa shape index (κ2) is 22.7. The Balaban J connectivity index is 0.000000263. The molecule has 4 aromatic rings. The molecule has 0 saturated heterocycles. The predicted molar refractivity (Wildman–Crippen MR) is 203 cm³/mol. The van der Waals surface area contributed by atoms with Gasteiger partial charge < -0.3 is 33.2 Å². The van der Waals surface area contributed by atoms with Crippen molar-refractivity contribution >= 4 is 28.9 Å². The predicted octanol–water partition coefficient (Wildman–Crippen LogP) is 10.3. The van der Waals surface area contributed by atoms with Gasteiger partial charge in [0.2, 0.25) is 0 Å². The number of hydrogen-bond donors (Lipinski definition) is 0. The molecule has 0 radical (unpaired) electrons. The Bertz CT molecular complexity index is 1610. The summed E-state index contributed by atoms with van der Waals surface area (Å²) in [5.41, 5.74) is 2.57. The Morgan fingerprint density at radius 2 is 0.960 bits per heavy atom. The summed E-state index contributed by atoms with van der Waals surface area (Å²) in [4.78, 5) is 11.3. The zero-order valence-corrected chi connectivity index (χ0v) is 30.5. The molecule has 0 saturated carbocycles. The van der Waals surface area contributed by atoms with Crippen LogP contribution >= 0.6 is 0 Å². The van der Waals surface area contributed by atoms with Gasteiger partial charge in [0, 0.05) is 25.4 Å². The number of hydrogen-bond acceptors (Lipinski definition) is 8. The lowest BCUT2D eigenvalue weighted by Gasteiger charge is -2.14. The van der Waals surface area contributed by atoms with E-state index in [1.807, 2.05) is 90.1 Å². The molecule has 50 heavy (non-hydrogen) atoms. The van der Waals surface area contributed by atoms with Gasteiger partial charge in [0.05, 0.1) is 0 Å². The van der Waals surface area contributed by atoms with E-state index in [0.717, 1.165) is 28.0 Å². The highest BCUT2D eigenvalue weighted by Crippen LogP contribution is 2.24. The normalized spacial score (nSPS) is 12.1. The summed E-state index contributed by atoms with van der Waals surface area (Å²) < 4.78 is 37.6. The maximum atomic E-state index is 11.3. The van der Waals surface area contributed by atoms with Crippen molar-refractivity contribution in [2.24, 2.45) is 0 Å². The van der Waals surface area contributed by atoms with E-state index >= 15 is 0 Å². The maximum absolute atomic E-state index is 11.3. The van der Waals surface area contributed by atoms with Gasteiger partial charge in [0.15, 0.2) is 18.9 Å². The topological polar surface area (TPSA) is 81.7 Å². The Hall–Kier alpha value is -4.89. The summed E-state index contributed by atoms with van der Waals surface area (Å²) >= 11 is 0. The molecular weight excluding hydrogens is 632 g/mol. The number of esters is 1. The standard InChI is InChI=1S/C16H18O2.C14H18O4.C12H16O2/c1-4-13-6-7-15-11-16(9-8-14(15)10-13)18-12(3)17-5-2;1-5-16-11(4)17-12-6-8-13(9-7-12)18-14(15)10(2)3;1-4-11-6-8-12(9-7-11)14-10(3)13-5-2/h4,6-12H,1,5H2,2-3H3;6-9,11H,2,5H2,1,3-4H3;4,6-10H,1,5H2,2-3H3. The zero-order chi connectivity index (χ0) is 36.9. The first kappa shape index (κ1) is 41.3. The second-order valence-corrected chi connectivity index (χ2v) is 10.8. The van der Waals surface area contributed by atoms with Crippen LogP contribution in [0.5, 0.6) is 23.0 Å². The monoisotopic (exact) mass is 684 g/mol. The molecule has 0 aliphatic rings. The third-order valence-corrected chi connectivity index (χ3v) is 6.68. The minimum atomic E-state index is -0.439. The van der Waals surface area contributed by atoms with Gasteiger partial charge in [-0.1, -0.05) is 62.2 Å². The van der Waals surface area contributed by atoms with E-state index in [1.165, 1.54) is 5.39 Å². The third kappa shape index (κ3) is 15.6. The van der Waals surface area contributed by atoms with Crippen LogP contribution in [0.1, 0.15) is 59.6 Å². The van der Waals surface area contributed by atoms with Gasteiger partial charge >= 0.3 is 5.97 Å². The van der Waals surface area contributed by atoms with Gasteiger partial charge in [0.25, 0.3) is 0 Å². The molecule has 0 spiro atoms. The molecule has 0 N–H and O–H groups in total. The average molecular weight is 685 g/mol. The van der Waals surface area contributed by atoms with Crippen LogP contribution in [0.15, 0.2) is 110 Å². The number of carbonyl (C=O) groups is 1. The lowest BCUT2D eigenvalue weighted by Crippen LogP contribution is -2.15. The molecular formula is C42H52O8. The molecule has 0 aliphatic heterocycles. The van der Waals surface area contributed by atoms with Crippen LogP contribution in [-0.2, 0) is 19.0 Å². The average Bonchev–Trinajstić information content (AvgIpc) is 3.10. The summed E-state index contributed by atoms with van der Waals surface area (Å²) in [5.74, 6) is 2.32. The van der Waals surface area contributed by atoms with E-state index in [-0.39, 0.29) is 18.9 Å². The maximum Gasteiger partial charge on any atom is 0.338 e. The molecule has 4 aromatic carbocycles. The van der Waals surface area contributed by atoms with E-state index in [1.54, 1.807) is 37.3 Å². The van der Waals surface area contributed by atoms with Gasteiger partial charge in [-0.3, -0.25) is 0 Å². The van der Waals surface area contributed by atoms with Crippen molar-refractivity contribution < 1.29 is 38.0 Å². The fourth-order valence-electron chi connectivity index (χ4n) is 4.29. The fourth-order valence-corrected chi connectivity index (χ4v) is 4.29. The quantitative estimate of drug-likeness (QED) is 0.0499. The molecule has 8 nitrogen and oxygen atoms in total.